The molecule has 0 saturated carbocycles. The van der Waals surface area contributed by atoms with E-state index in [0.717, 1.165) is 0 Å². The van der Waals surface area contributed by atoms with E-state index in [1.54, 1.807) is 67.8 Å². The molecule has 0 bridgehead atoms. The number of carbonyl (C=O) groups is 2. The minimum atomic E-state index is -0.831. The van der Waals surface area contributed by atoms with Gasteiger partial charge in [0.1, 0.15) is 5.75 Å². The third-order valence-electron chi connectivity index (χ3n) is 2.54. The van der Waals surface area contributed by atoms with Crippen molar-refractivity contribution in [3.8, 4) is 5.75 Å². The van der Waals surface area contributed by atoms with Crippen molar-refractivity contribution in [1.29, 1.82) is 0 Å². The number of primary amides is 1. The number of rotatable bonds is 5. The molecule has 0 aliphatic heterocycles. The Morgan fingerprint density at radius 1 is 1.05 bits per heavy atom. The Hall–Kier alpha value is 1.07. The number of phenolic OH excluding ortho intramolecular Hbond substituents is 1. The van der Waals surface area contributed by atoms with Crippen LogP contribution in [0, 0.1) is 10.7 Å². The van der Waals surface area contributed by atoms with E-state index in [0.29, 0.717) is 3.57 Å². The molecule has 0 unspecified atom stereocenters. The SMILES string of the molecule is NC(=O)c1c(I)c(O)c(I)c(C(=O)NC(CO)CO)c1I.[NaH]. The number of aliphatic hydroxyl groups is 2. The number of hydrogen-bond donors (Lipinski definition) is 5. The molecule has 22 heavy (non-hydrogen) atoms. The van der Waals surface area contributed by atoms with Crippen molar-refractivity contribution < 1.29 is 24.9 Å². The van der Waals surface area contributed by atoms with Crippen LogP contribution in [0.15, 0.2) is 0 Å². The maximum absolute atomic E-state index is 12.2. The summed E-state index contributed by atoms with van der Waals surface area (Å²) >= 11 is 5.37. The van der Waals surface area contributed by atoms with Crippen LogP contribution in [0.1, 0.15) is 20.7 Å². The number of halogens is 3. The first kappa shape index (κ1) is 23.1. The predicted molar refractivity (Wildman–Crippen MR) is 107 cm³/mol. The number of nitrogens with one attached hydrogen (secondary N) is 1. The first-order valence-electron chi connectivity index (χ1n) is 5.48. The molecule has 0 spiro atoms. The molecule has 1 aromatic carbocycles. The molecule has 0 radical (unpaired) electrons. The second-order valence-corrected chi connectivity index (χ2v) is 7.18. The fourth-order valence-corrected chi connectivity index (χ4v) is 5.66. The number of aliphatic hydroxyl groups excluding tert-OH is 2. The first-order chi connectivity index (χ1) is 9.76. The molecule has 0 aliphatic rings. The van der Waals surface area contributed by atoms with Crippen molar-refractivity contribution in [3.63, 3.8) is 0 Å². The van der Waals surface area contributed by atoms with Crippen LogP contribution < -0.4 is 11.1 Å². The quantitative estimate of drug-likeness (QED) is 0.220. The average Bonchev–Trinajstić information content (AvgIpc) is 2.42. The zero-order chi connectivity index (χ0) is 16.3. The van der Waals surface area contributed by atoms with Crippen LogP contribution in [0.3, 0.4) is 0 Å². The number of carbonyl (C=O) groups excluding carboxylic acids is 2. The third kappa shape index (κ3) is 5.03. The number of benzene rings is 1. The van der Waals surface area contributed by atoms with Crippen LogP contribution in [-0.4, -0.2) is 75.9 Å². The summed E-state index contributed by atoms with van der Waals surface area (Å²) in [6, 6.07) is -0.831. The van der Waals surface area contributed by atoms with Gasteiger partial charge >= 0.3 is 29.6 Å². The van der Waals surface area contributed by atoms with Gasteiger partial charge in [0.15, 0.2) is 0 Å². The Morgan fingerprint density at radius 3 is 1.91 bits per heavy atom. The Bertz CT molecular complexity index is 596. The van der Waals surface area contributed by atoms with Gasteiger partial charge in [-0.3, -0.25) is 9.59 Å². The molecule has 11 heteroatoms. The van der Waals surface area contributed by atoms with E-state index in [4.69, 9.17) is 15.9 Å². The zero-order valence-electron chi connectivity index (χ0n) is 10.4. The van der Waals surface area contributed by atoms with E-state index >= 15 is 0 Å². The summed E-state index contributed by atoms with van der Waals surface area (Å²) in [4.78, 5) is 23.7. The fraction of sp³-hybridized carbons (Fsp3) is 0.273. The average molecular weight is 656 g/mol. The van der Waals surface area contributed by atoms with Crippen molar-refractivity contribution in [2.75, 3.05) is 13.2 Å². The van der Waals surface area contributed by atoms with Crippen LogP contribution in [0.25, 0.3) is 0 Å². The Labute approximate surface area is 189 Å². The molecular weight excluding hydrogens is 644 g/mol. The summed E-state index contributed by atoms with van der Waals surface area (Å²) in [5, 5.41) is 30.4. The van der Waals surface area contributed by atoms with Crippen molar-refractivity contribution in [3.05, 3.63) is 21.8 Å². The van der Waals surface area contributed by atoms with Crippen LogP contribution in [0.5, 0.6) is 5.75 Å². The second-order valence-electron chi connectivity index (χ2n) is 3.94. The van der Waals surface area contributed by atoms with E-state index in [1.807, 2.05) is 0 Å². The van der Waals surface area contributed by atoms with Gasteiger partial charge in [0.25, 0.3) is 11.8 Å². The van der Waals surface area contributed by atoms with Gasteiger partial charge in [0.2, 0.25) is 0 Å². The Morgan fingerprint density at radius 2 is 1.50 bits per heavy atom. The molecule has 0 fully saturated rings. The fourth-order valence-electron chi connectivity index (χ4n) is 1.47. The summed E-state index contributed by atoms with van der Waals surface area (Å²) < 4.78 is 0.837. The molecule has 2 amide bonds. The monoisotopic (exact) mass is 656 g/mol. The maximum atomic E-state index is 12.2. The van der Waals surface area contributed by atoms with Crippen LogP contribution in [-0.2, 0) is 0 Å². The van der Waals surface area contributed by atoms with E-state index in [1.165, 1.54) is 0 Å². The predicted octanol–water partition coefficient (Wildman–Crippen LogP) is -0.261. The molecule has 0 aromatic heterocycles. The summed E-state index contributed by atoms with van der Waals surface area (Å²) in [5.74, 6) is -1.59. The van der Waals surface area contributed by atoms with Crippen LogP contribution in [0.2, 0.25) is 0 Å². The molecule has 0 saturated heterocycles. The number of phenols is 1. The first-order valence-corrected chi connectivity index (χ1v) is 8.71. The van der Waals surface area contributed by atoms with Gasteiger partial charge in [-0.2, -0.15) is 0 Å². The van der Waals surface area contributed by atoms with E-state index < -0.39 is 31.1 Å². The van der Waals surface area contributed by atoms with Gasteiger partial charge < -0.3 is 26.4 Å². The van der Waals surface area contributed by atoms with Crippen LogP contribution >= 0.6 is 67.8 Å². The van der Waals surface area contributed by atoms with E-state index in [-0.39, 0.29) is 53.6 Å². The van der Waals surface area contributed by atoms with Crippen molar-refractivity contribution >= 4 is 109 Å². The molecule has 0 heterocycles. The van der Waals surface area contributed by atoms with E-state index in [2.05, 4.69) is 5.32 Å². The number of aromatic hydroxyl groups is 1. The van der Waals surface area contributed by atoms with Crippen molar-refractivity contribution in [2.45, 2.75) is 6.04 Å². The Kier molecular flexibility index (Phi) is 10.6. The Balaban J connectivity index is 0.00000441. The van der Waals surface area contributed by atoms with E-state index in [9.17, 15) is 14.7 Å². The van der Waals surface area contributed by atoms with Gasteiger partial charge in [-0.25, -0.2) is 0 Å². The molecule has 1 aromatic rings. The number of nitrogens with two attached hydrogens (primary N) is 1. The molecule has 6 N–H and O–H groups in total. The third-order valence-corrected chi connectivity index (χ3v) is 5.72. The van der Waals surface area contributed by atoms with Gasteiger partial charge in [0, 0.05) is 3.57 Å². The summed E-state index contributed by atoms with van der Waals surface area (Å²) in [5.41, 5.74) is 5.42. The second kappa shape index (κ2) is 10.1. The minimum absolute atomic E-state index is 0. The molecule has 7 nitrogen and oxygen atoms in total. The number of hydrogen-bond acceptors (Lipinski definition) is 5. The standard InChI is InChI=1S/C11H11I3N2O5.Na.H/c12-6-4(10(15)20)7(13)9(19)8(14)5(6)11(21)16-3(1-17)2-18;;/h3,17-19H,1-2H2,(H2,15,20)(H,16,21);;. The molecular formula is C11H12I3N2NaO5. The van der Waals surface area contributed by atoms with Gasteiger partial charge in [-0.1, -0.05) is 0 Å². The molecule has 0 atom stereocenters. The van der Waals surface area contributed by atoms with Crippen LogP contribution in [0.4, 0.5) is 0 Å². The van der Waals surface area contributed by atoms with Gasteiger partial charge in [-0.05, 0) is 67.8 Å². The van der Waals surface area contributed by atoms with Gasteiger partial charge in [0.05, 0.1) is 37.5 Å². The summed E-state index contributed by atoms with van der Waals surface area (Å²) in [6.07, 6.45) is 0. The summed E-state index contributed by atoms with van der Waals surface area (Å²) in [6.45, 7) is -0.872. The summed E-state index contributed by atoms with van der Waals surface area (Å²) in [7, 11) is 0. The molecule has 0 aliphatic carbocycles. The van der Waals surface area contributed by atoms with Gasteiger partial charge in [-0.15, -0.1) is 0 Å². The molecule has 118 valence electrons. The van der Waals surface area contributed by atoms with Crippen molar-refractivity contribution in [1.82, 2.24) is 5.32 Å². The zero-order valence-corrected chi connectivity index (χ0v) is 16.8. The van der Waals surface area contributed by atoms with Crippen molar-refractivity contribution in [2.24, 2.45) is 5.73 Å². The molecule has 1 rings (SSSR count). The topological polar surface area (TPSA) is 133 Å². The normalized spacial score (nSPS) is 10.3. The number of amides is 2.